The normalized spacial score (nSPS) is 14.5. The van der Waals surface area contributed by atoms with Crippen molar-refractivity contribution in [3.8, 4) is 11.3 Å². The number of H-pyrrole nitrogens is 1. The molecule has 182 valence electrons. The molecule has 1 aliphatic heterocycles. The zero-order valence-corrected chi connectivity index (χ0v) is 21.4. The van der Waals surface area contributed by atoms with Crippen molar-refractivity contribution < 1.29 is 4.79 Å². The maximum Gasteiger partial charge on any atom is 0.223 e. The van der Waals surface area contributed by atoms with Crippen LogP contribution in [0.3, 0.4) is 0 Å². The molecule has 6 nitrogen and oxygen atoms in total. The summed E-state index contributed by atoms with van der Waals surface area (Å²) in [6, 6.07) is 16.7. The van der Waals surface area contributed by atoms with Gasteiger partial charge in [0.25, 0.3) is 0 Å². The van der Waals surface area contributed by atoms with Crippen molar-refractivity contribution in [3.05, 3.63) is 64.7 Å². The number of aryl methyl sites for hydroxylation is 1. The minimum atomic E-state index is 0.219. The average Bonchev–Trinajstić information content (AvgIpc) is 3.56. The number of likely N-dealkylation sites (tertiary alicyclic amines) is 1. The van der Waals surface area contributed by atoms with Gasteiger partial charge in [-0.15, -0.1) is 11.3 Å². The number of fused-ring (bicyclic) bond motifs is 1. The number of thiazole rings is 1. The van der Waals surface area contributed by atoms with Gasteiger partial charge in [-0.2, -0.15) is 0 Å². The van der Waals surface area contributed by atoms with E-state index < -0.39 is 0 Å². The molecule has 1 aliphatic rings. The van der Waals surface area contributed by atoms with E-state index in [0.29, 0.717) is 18.8 Å². The standard InChI is InChI=1S/C28H33N5OS/c1-3-32(4-2)22-11-9-20(10-12-22)25-19-35-28(31-25)21-15-17-33(18-16-21)27(34)14-13-26-29-23-7-5-6-8-24(23)30-26/h5-12,19,21H,3-4,13-18H2,1-2H3,(H,29,30). The molecular formula is C28H33N5OS. The molecule has 1 fully saturated rings. The monoisotopic (exact) mass is 487 g/mol. The van der Waals surface area contributed by atoms with E-state index in [4.69, 9.17) is 4.98 Å². The Labute approximate surface area is 211 Å². The van der Waals surface area contributed by atoms with Gasteiger partial charge in [0.1, 0.15) is 5.82 Å². The lowest BCUT2D eigenvalue weighted by atomic mass is 9.97. The van der Waals surface area contributed by atoms with Crippen molar-refractivity contribution >= 4 is 34.0 Å². The van der Waals surface area contributed by atoms with Crippen molar-refractivity contribution in [1.29, 1.82) is 0 Å². The van der Waals surface area contributed by atoms with Gasteiger partial charge in [0.15, 0.2) is 0 Å². The number of rotatable bonds is 8. The van der Waals surface area contributed by atoms with Crippen molar-refractivity contribution in [2.75, 3.05) is 31.1 Å². The number of nitrogens with one attached hydrogen (secondary N) is 1. The fourth-order valence-electron chi connectivity index (χ4n) is 4.92. The Kier molecular flexibility index (Phi) is 7.13. The van der Waals surface area contributed by atoms with Crippen LogP contribution in [0.15, 0.2) is 53.9 Å². The highest BCUT2D eigenvalue weighted by molar-refractivity contribution is 7.10. The fraction of sp³-hybridized carbons (Fsp3) is 0.393. The van der Waals surface area contributed by atoms with E-state index in [1.807, 2.05) is 29.2 Å². The molecule has 5 rings (SSSR count). The molecule has 0 aliphatic carbocycles. The third kappa shape index (κ3) is 5.25. The van der Waals surface area contributed by atoms with E-state index in [1.165, 1.54) is 16.3 Å². The van der Waals surface area contributed by atoms with Gasteiger partial charge in [0.2, 0.25) is 5.91 Å². The smallest absolute Gasteiger partial charge is 0.223 e. The first kappa shape index (κ1) is 23.5. The first-order valence-corrected chi connectivity index (χ1v) is 13.5. The number of piperidine rings is 1. The number of anilines is 1. The number of imidazole rings is 1. The maximum atomic E-state index is 12.8. The highest BCUT2D eigenvalue weighted by Gasteiger charge is 2.26. The van der Waals surface area contributed by atoms with Gasteiger partial charge in [-0.05, 0) is 51.0 Å². The summed E-state index contributed by atoms with van der Waals surface area (Å²) in [7, 11) is 0. The summed E-state index contributed by atoms with van der Waals surface area (Å²) in [6.07, 6.45) is 3.10. The predicted octanol–water partition coefficient (Wildman–Crippen LogP) is 5.87. The third-order valence-corrected chi connectivity index (χ3v) is 8.03. The molecule has 3 heterocycles. The molecule has 35 heavy (non-hydrogen) atoms. The second-order valence-electron chi connectivity index (χ2n) is 9.15. The Balaban J connectivity index is 1.14. The summed E-state index contributed by atoms with van der Waals surface area (Å²) in [5.41, 5.74) is 5.46. The van der Waals surface area contributed by atoms with Gasteiger partial charge < -0.3 is 14.8 Å². The lowest BCUT2D eigenvalue weighted by Crippen LogP contribution is -2.38. The Bertz CT molecular complexity index is 1230. The number of carbonyl (C=O) groups is 1. The molecular weight excluding hydrogens is 454 g/mol. The highest BCUT2D eigenvalue weighted by atomic mass is 32.1. The van der Waals surface area contributed by atoms with Crippen LogP contribution in [0.25, 0.3) is 22.3 Å². The third-order valence-electron chi connectivity index (χ3n) is 7.02. The highest BCUT2D eigenvalue weighted by Crippen LogP contribution is 2.33. The largest absolute Gasteiger partial charge is 0.372 e. The van der Waals surface area contributed by atoms with Gasteiger partial charge in [-0.3, -0.25) is 4.79 Å². The van der Waals surface area contributed by atoms with Gasteiger partial charge in [0.05, 0.1) is 21.7 Å². The van der Waals surface area contributed by atoms with Crippen LogP contribution in [0.4, 0.5) is 5.69 Å². The molecule has 2 aromatic heterocycles. The number of aromatic amines is 1. The number of hydrogen-bond donors (Lipinski definition) is 1. The number of carbonyl (C=O) groups excluding carboxylic acids is 1. The van der Waals surface area contributed by atoms with E-state index >= 15 is 0 Å². The first-order chi connectivity index (χ1) is 17.1. The second-order valence-corrected chi connectivity index (χ2v) is 10.0. The molecule has 0 radical (unpaired) electrons. The molecule has 0 spiro atoms. The number of hydrogen-bond acceptors (Lipinski definition) is 5. The van der Waals surface area contributed by atoms with Gasteiger partial charge in [0, 0.05) is 61.6 Å². The topological polar surface area (TPSA) is 65.1 Å². The Hall–Kier alpha value is -3.19. The van der Waals surface area contributed by atoms with Crippen LogP contribution in [-0.2, 0) is 11.2 Å². The lowest BCUT2D eigenvalue weighted by Gasteiger charge is -2.31. The van der Waals surface area contributed by atoms with E-state index in [1.54, 1.807) is 11.3 Å². The predicted molar refractivity (Wildman–Crippen MR) is 144 cm³/mol. The SMILES string of the molecule is CCN(CC)c1ccc(-c2csc(C3CCN(C(=O)CCc4nc5ccccc5[nH]4)CC3)n2)cc1. The quantitative estimate of drug-likeness (QED) is 0.337. The second kappa shape index (κ2) is 10.6. The van der Waals surface area contributed by atoms with E-state index in [-0.39, 0.29) is 5.91 Å². The van der Waals surface area contributed by atoms with E-state index in [2.05, 4.69) is 58.4 Å². The van der Waals surface area contributed by atoms with Crippen LogP contribution in [0.2, 0.25) is 0 Å². The van der Waals surface area contributed by atoms with Gasteiger partial charge in [-0.1, -0.05) is 24.3 Å². The van der Waals surface area contributed by atoms with Crippen LogP contribution in [0, 0.1) is 0 Å². The fourth-order valence-corrected chi connectivity index (χ4v) is 5.92. The maximum absolute atomic E-state index is 12.8. The number of aromatic nitrogens is 3. The molecule has 4 aromatic rings. The summed E-state index contributed by atoms with van der Waals surface area (Å²) in [6.45, 7) is 8.00. The minimum Gasteiger partial charge on any atom is -0.372 e. The van der Waals surface area contributed by atoms with Crippen LogP contribution in [-0.4, -0.2) is 51.9 Å². The summed E-state index contributed by atoms with van der Waals surface area (Å²) in [5, 5.41) is 3.37. The lowest BCUT2D eigenvalue weighted by molar-refractivity contribution is -0.132. The molecule has 2 aromatic carbocycles. The molecule has 0 atom stereocenters. The number of nitrogens with zero attached hydrogens (tertiary/aromatic N) is 4. The van der Waals surface area contributed by atoms with Crippen molar-refractivity contribution in [2.24, 2.45) is 0 Å². The van der Waals surface area contributed by atoms with Crippen LogP contribution in [0.5, 0.6) is 0 Å². The Morgan fingerprint density at radius 1 is 1.06 bits per heavy atom. The van der Waals surface area contributed by atoms with Crippen LogP contribution in [0.1, 0.15) is 49.9 Å². The summed E-state index contributed by atoms with van der Waals surface area (Å²) >= 11 is 1.75. The summed E-state index contributed by atoms with van der Waals surface area (Å²) < 4.78 is 0. The molecule has 0 bridgehead atoms. The number of benzene rings is 2. The summed E-state index contributed by atoms with van der Waals surface area (Å²) in [4.78, 5) is 30.1. The molecule has 0 unspecified atom stereocenters. The molecule has 1 saturated heterocycles. The van der Waals surface area contributed by atoms with Crippen molar-refractivity contribution in [2.45, 2.75) is 45.4 Å². The van der Waals surface area contributed by atoms with E-state index in [9.17, 15) is 4.79 Å². The number of para-hydroxylation sites is 2. The zero-order chi connectivity index (χ0) is 24.2. The van der Waals surface area contributed by atoms with Gasteiger partial charge >= 0.3 is 0 Å². The molecule has 0 saturated carbocycles. The summed E-state index contributed by atoms with van der Waals surface area (Å²) in [5.74, 6) is 1.54. The molecule has 1 amide bonds. The van der Waals surface area contributed by atoms with E-state index in [0.717, 1.165) is 61.6 Å². The molecule has 7 heteroatoms. The zero-order valence-electron chi connectivity index (χ0n) is 20.5. The first-order valence-electron chi connectivity index (χ1n) is 12.7. The van der Waals surface area contributed by atoms with Gasteiger partial charge in [-0.25, -0.2) is 9.97 Å². The number of amides is 1. The Morgan fingerprint density at radius 2 is 1.80 bits per heavy atom. The Morgan fingerprint density at radius 3 is 2.51 bits per heavy atom. The average molecular weight is 488 g/mol. The van der Waals surface area contributed by atoms with Crippen molar-refractivity contribution in [1.82, 2.24) is 19.9 Å². The molecule has 1 N–H and O–H groups in total. The minimum absolute atomic E-state index is 0.219. The van der Waals surface area contributed by atoms with Crippen LogP contribution >= 0.6 is 11.3 Å². The van der Waals surface area contributed by atoms with Crippen LogP contribution < -0.4 is 4.90 Å². The van der Waals surface area contributed by atoms with Crippen molar-refractivity contribution in [3.63, 3.8) is 0 Å².